The summed E-state index contributed by atoms with van der Waals surface area (Å²) in [6.07, 6.45) is 0. The summed E-state index contributed by atoms with van der Waals surface area (Å²) in [6.45, 7) is 2.00. The van der Waals surface area contributed by atoms with Crippen LogP contribution >= 0.6 is 11.3 Å². The third-order valence-electron chi connectivity index (χ3n) is 2.70. The van der Waals surface area contributed by atoms with Crippen molar-refractivity contribution in [3.63, 3.8) is 0 Å². The van der Waals surface area contributed by atoms with Crippen LogP contribution in [0, 0.1) is 17.0 Å². The number of benzene rings is 1. The molecule has 0 saturated carbocycles. The Morgan fingerprint density at radius 3 is 2.62 bits per heavy atom. The Bertz CT molecular complexity index is 784. The molecule has 2 aromatic rings. The number of nitro benzene ring substituents is 1. The maximum Gasteiger partial charge on any atom is 0.291 e. The van der Waals surface area contributed by atoms with E-state index in [1.807, 2.05) is 13.0 Å². The number of nitro groups is 1. The number of hydrogen-bond donors (Lipinski definition) is 2. The molecule has 0 aliphatic carbocycles. The lowest BCUT2D eigenvalue weighted by Crippen LogP contribution is -2.23. The van der Waals surface area contributed by atoms with Gasteiger partial charge in [-0.1, -0.05) is 0 Å². The largest absolute Gasteiger partial charge is 0.399 e. The summed E-state index contributed by atoms with van der Waals surface area (Å²) in [7, 11) is -3.98. The Balaban J connectivity index is 2.29. The summed E-state index contributed by atoms with van der Waals surface area (Å²) in [6, 6.07) is 7.16. The minimum absolute atomic E-state index is 0.0857. The Morgan fingerprint density at radius 1 is 1.33 bits per heavy atom. The van der Waals surface area contributed by atoms with E-state index in [9.17, 15) is 18.5 Å². The van der Waals surface area contributed by atoms with Crippen LogP contribution in [0.3, 0.4) is 0 Å². The van der Waals surface area contributed by atoms with Gasteiger partial charge in [-0.15, -0.1) is 11.3 Å². The minimum Gasteiger partial charge on any atom is -0.399 e. The zero-order valence-electron chi connectivity index (χ0n) is 11.1. The van der Waals surface area contributed by atoms with Gasteiger partial charge in [0.05, 0.1) is 4.92 Å². The molecule has 1 aromatic carbocycles. The lowest BCUT2D eigenvalue weighted by Gasteiger charge is -2.07. The highest BCUT2D eigenvalue weighted by Gasteiger charge is 2.25. The number of hydrogen-bond acceptors (Lipinski definition) is 6. The molecule has 0 fully saturated rings. The highest BCUT2D eigenvalue weighted by molar-refractivity contribution is 7.89. The van der Waals surface area contributed by atoms with Crippen molar-refractivity contribution in [3.05, 3.63) is 50.2 Å². The predicted molar refractivity (Wildman–Crippen MR) is 80.6 cm³/mol. The third kappa shape index (κ3) is 3.57. The maximum absolute atomic E-state index is 12.2. The van der Waals surface area contributed by atoms with Gasteiger partial charge in [0.1, 0.15) is 0 Å². The number of nitrogens with one attached hydrogen (secondary N) is 1. The molecule has 0 atom stereocenters. The summed E-state index contributed by atoms with van der Waals surface area (Å²) >= 11 is 1.46. The fourth-order valence-corrected chi connectivity index (χ4v) is 3.81. The number of anilines is 1. The van der Waals surface area contributed by atoms with Crippen LogP contribution < -0.4 is 10.5 Å². The van der Waals surface area contributed by atoms with Crippen LogP contribution in [0.1, 0.15) is 9.75 Å². The van der Waals surface area contributed by atoms with Crippen LogP contribution in [0.2, 0.25) is 0 Å². The Kier molecular flexibility index (Phi) is 4.26. The molecule has 1 heterocycles. The molecule has 2 rings (SSSR count). The first-order valence-electron chi connectivity index (χ1n) is 5.88. The van der Waals surface area contributed by atoms with Gasteiger partial charge in [0, 0.05) is 28.1 Å². The van der Waals surface area contributed by atoms with E-state index in [1.165, 1.54) is 17.4 Å². The Hall–Kier alpha value is -1.97. The normalized spacial score (nSPS) is 11.5. The van der Waals surface area contributed by atoms with Crippen molar-refractivity contribution in [1.29, 1.82) is 0 Å². The molecule has 0 saturated heterocycles. The lowest BCUT2D eigenvalue weighted by atomic mass is 10.3. The van der Waals surface area contributed by atoms with Crippen LogP contribution in [-0.4, -0.2) is 13.3 Å². The van der Waals surface area contributed by atoms with Gasteiger partial charge in [-0.3, -0.25) is 10.1 Å². The second kappa shape index (κ2) is 5.80. The summed E-state index contributed by atoms with van der Waals surface area (Å²) in [5, 5.41) is 11.0. The second-order valence-corrected chi connectivity index (χ2v) is 7.43. The predicted octanol–water partition coefficient (Wildman–Crippen LogP) is 2.03. The number of nitrogen functional groups attached to an aromatic ring is 1. The van der Waals surface area contributed by atoms with Gasteiger partial charge >= 0.3 is 0 Å². The number of nitrogens with two attached hydrogens (primary N) is 1. The fourth-order valence-electron chi connectivity index (χ4n) is 1.73. The average molecular weight is 327 g/mol. The fraction of sp³-hybridized carbons (Fsp3) is 0.167. The highest BCUT2D eigenvalue weighted by Crippen LogP contribution is 2.26. The Morgan fingerprint density at radius 2 is 2.05 bits per heavy atom. The second-order valence-electron chi connectivity index (χ2n) is 4.32. The molecule has 0 amide bonds. The molecule has 9 heteroatoms. The lowest BCUT2D eigenvalue weighted by molar-refractivity contribution is -0.387. The SMILES string of the molecule is Cc1ccc(CNS(=O)(=O)c2ccc(N)cc2[N+](=O)[O-])s1. The number of nitrogens with zero attached hydrogens (tertiary/aromatic N) is 1. The van der Waals surface area contributed by atoms with E-state index >= 15 is 0 Å². The van der Waals surface area contributed by atoms with Crippen LogP contribution in [-0.2, 0) is 16.6 Å². The van der Waals surface area contributed by atoms with E-state index in [-0.39, 0.29) is 12.2 Å². The molecule has 0 aliphatic heterocycles. The van der Waals surface area contributed by atoms with Gasteiger partial charge in [-0.2, -0.15) is 0 Å². The molecule has 112 valence electrons. The summed E-state index contributed by atoms with van der Waals surface area (Å²) in [5.74, 6) is 0. The molecule has 0 aliphatic rings. The molecule has 0 bridgehead atoms. The highest BCUT2D eigenvalue weighted by atomic mass is 32.2. The molecule has 0 unspecified atom stereocenters. The van der Waals surface area contributed by atoms with E-state index in [0.717, 1.165) is 21.9 Å². The molecule has 3 N–H and O–H groups in total. The molecule has 0 radical (unpaired) electrons. The quantitative estimate of drug-likeness (QED) is 0.495. The van der Waals surface area contributed by atoms with Crippen LogP contribution in [0.4, 0.5) is 11.4 Å². The van der Waals surface area contributed by atoms with Crippen LogP contribution in [0.5, 0.6) is 0 Å². The van der Waals surface area contributed by atoms with Crippen LogP contribution in [0.15, 0.2) is 35.2 Å². The summed E-state index contributed by atoms with van der Waals surface area (Å²) in [5.41, 5.74) is 5.05. The summed E-state index contributed by atoms with van der Waals surface area (Å²) < 4.78 is 26.8. The minimum atomic E-state index is -3.98. The van der Waals surface area contributed by atoms with Crippen molar-refractivity contribution in [2.24, 2.45) is 0 Å². The van der Waals surface area contributed by atoms with Gasteiger partial charge in [-0.25, -0.2) is 13.1 Å². The molecule has 21 heavy (non-hydrogen) atoms. The zero-order chi connectivity index (χ0) is 15.6. The zero-order valence-corrected chi connectivity index (χ0v) is 12.7. The van der Waals surface area contributed by atoms with Crippen molar-refractivity contribution in [2.45, 2.75) is 18.4 Å². The smallest absolute Gasteiger partial charge is 0.291 e. The molecular weight excluding hydrogens is 314 g/mol. The topological polar surface area (TPSA) is 115 Å². The van der Waals surface area contributed by atoms with Gasteiger partial charge < -0.3 is 5.73 Å². The van der Waals surface area contributed by atoms with E-state index in [1.54, 1.807) is 6.07 Å². The third-order valence-corrected chi connectivity index (χ3v) is 5.15. The van der Waals surface area contributed by atoms with Gasteiger partial charge in [0.25, 0.3) is 5.69 Å². The molecule has 7 nitrogen and oxygen atoms in total. The first-order valence-corrected chi connectivity index (χ1v) is 8.18. The van der Waals surface area contributed by atoms with Crippen molar-refractivity contribution in [2.75, 3.05) is 5.73 Å². The average Bonchev–Trinajstić information content (AvgIpc) is 2.82. The molecule has 1 aromatic heterocycles. The molecular formula is C12H13N3O4S2. The van der Waals surface area contributed by atoms with E-state index in [4.69, 9.17) is 5.73 Å². The first-order chi connectivity index (χ1) is 9.79. The number of sulfonamides is 1. The first kappa shape index (κ1) is 15.4. The number of rotatable bonds is 5. The van der Waals surface area contributed by atoms with Crippen molar-refractivity contribution >= 4 is 32.7 Å². The van der Waals surface area contributed by atoms with E-state index < -0.39 is 25.5 Å². The van der Waals surface area contributed by atoms with E-state index in [0.29, 0.717) is 0 Å². The number of thiophene rings is 1. The maximum atomic E-state index is 12.2. The molecule has 0 spiro atoms. The number of aryl methyl sites for hydroxylation is 1. The van der Waals surface area contributed by atoms with Crippen molar-refractivity contribution in [1.82, 2.24) is 4.72 Å². The van der Waals surface area contributed by atoms with E-state index in [2.05, 4.69) is 4.72 Å². The Labute approximate surface area is 125 Å². The van der Waals surface area contributed by atoms with Gasteiger partial charge in [0.2, 0.25) is 10.0 Å². The van der Waals surface area contributed by atoms with Gasteiger partial charge in [0.15, 0.2) is 4.90 Å². The van der Waals surface area contributed by atoms with Crippen LogP contribution in [0.25, 0.3) is 0 Å². The standard InChI is InChI=1S/C12H13N3O4S2/c1-8-2-4-10(20-8)7-14-21(18,19)12-5-3-9(13)6-11(12)15(16)17/h2-6,14H,7,13H2,1H3. The monoisotopic (exact) mass is 327 g/mol. The van der Waals surface area contributed by atoms with Gasteiger partial charge in [-0.05, 0) is 31.2 Å². The van der Waals surface area contributed by atoms with Crippen molar-refractivity contribution < 1.29 is 13.3 Å². The van der Waals surface area contributed by atoms with Crippen molar-refractivity contribution in [3.8, 4) is 0 Å². The summed E-state index contributed by atoms with van der Waals surface area (Å²) in [4.78, 5) is 11.7.